The molecule has 7 atom stereocenters. The molecule has 1 heterocycles. The number of allylic oxidation sites excluding steroid dienone is 1. The van der Waals surface area contributed by atoms with Crippen LogP contribution >= 0.6 is 0 Å². The first-order valence-electron chi connectivity index (χ1n) is 27.1. The van der Waals surface area contributed by atoms with Crippen molar-refractivity contribution in [2.45, 2.75) is 301 Å². The molecule has 0 saturated carbocycles. The number of hydrogen-bond donors (Lipinski definition) is 6. The zero-order chi connectivity index (χ0) is 47.6. The summed E-state index contributed by atoms with van der Waals surface area (Å²) in [6.07, 6.45) is 41.1. The van der Waals surface area contributed by atoms with E-state index in [0.717, 1.165) is 38.5 Å². The van der Waals surface area contributed by atoms with E-state index in [1.807, 2.05) is 6.08 Å². The Balaban J connectivity index is 2.40. The second-order valence-electron chi connectivity index (χ2n) is 19.2. The van der Waals surface area contributed by atoms with E-state index in [0.29, 0.717) is 6.42 Å². The highest BCUT2D eigenvalue weighted by Crippen LogP contribution is 2.26. The van der Waals surface area contributed by atoms with Gasteiger partial charge in [0.25, 0.3) is 0 Å². The van der Waals surface area contributed by atoms with Gasteiger partial charge in [0.15, 0.2) is 6.29 Å². The number of aliphatic hydroxyl groups is 4. The van der Waals surface area contributed by atoms with Crippen molar-refractivity contribution in [2.75, 3.05) is 13.2 Å². The summed E-state index contributed by atoms with van der Waals surface area (Å²) in [5.41, 5.74) is 0. The van der Waals surface area contributed by atoms with Gasteiger partial charge < -0.3 is 35.2 Å². The number of carbonyl (C=O) groups is 1. The zero-order valence-corrected chi connectivity index (χ0v) is 42.4. The molecule has 0 spiro atoms. The topological polar surface area (TPSA) is 192 Å². The summed E-state index contributed by atoms with van der Waals surface area (Å²) in [4.78, 5) is 13.1. The maximum absolute atomic E-state index is 13.1. The van der Waals surface area contributed by atoms with Gasteiger partial charge in [-0.3, -0.25) is 9.35 Å². The van der Waals surface area contributed by atoms with Gasteiger partial charge in [-0.2, -0.15) is 8.42 Å². The van der Waals surface area contributed by atoms with E-state index < -0.39 is 59.9 Å². The lowest BCUT2D eigenvalue weighted by atomic mass is 9.99. The summed E-state index contributed by atoms with van der Waals surface area (Å²) in [7, 11) is -5.08. The van der Waals surface area contributed by atoms with Gasteiger partial charge in [-0.05, 0) is 19.3 Å². The summed E-state index contributed by atoms with van der Waals surface area (Å²) in [5, 5.41) is 44.9. The fraction of sp³-hybridized carbons (Fsp3) is 0.942. The maximum Gasteiger partial charge on any atom is 0.397 e. The van der Waals surface area contributed by atoms with Crippen molar-refractivity contribution in [3.8, 4) is 0 Å². The van der Waals surface area contributed by atoms with Crippen LogP contribution in [0.4, 0.5) is 0 Å². The van der Waals surface area contributed by atoms with Crippen LogP contribution in [0.1, 0.15) is 258 Å². The molecule has 0 radical (unpaired) electrons. The Morgan fingerprint density at radius 3 is 1.34 bits per heavy atom. The Morgan fingerprint density at radius 1 is 0.600 bits per heavy atom. The first kappa shape index (κ1) is 61.9. The quantitative estimate of drug-likeness (QED) is 0.0193. The van der Waals surface area contributed by atoms with E-state index >= 15 is 0 Å². The van der Waals surface area contributed by atoms with Crippen LogP contribution in [0.25, 0.3) is 0 Å². The molecule has 13 heteroatoms. The molecule has 1 fully saturated rings. The molecule has 386 valence electrons. The van der Waals surface area contributed by atoms with Crippen LogP contribution in [0.15, 0.2) is 12.2 Å². The molecule has 7 unspecified atom stereocenters. The number of unbranched alkanes of at least 4 members (excludes halogenated alkanes) is 35. The molecule has 1 aliphatic rings. The molecule has 1 rings (SSSR count). The fourth-order valence-corrected chi connectivity index (χ4v) is 9.38. The lowest BCUT2D eigenvalue weighted by Crippen LogP contribution is -2.61. The number of rotatable bonds is 47. The van der Waals surface area contributed by atoms with Gasteiger partial charge in [-0.15, -0.1) is 0 Å². The highest BCUT2D eigenvalue weighted by Gasteiger charge is 2.48. The molecule has 65 heavy (non-hydrogen) atoms. The third-order valence-corrected chi connectivity index (χ3v) is 13.5. The van der Waals surface area contributed by atoms with Crippen molar-refractivity contribution in [3.63, 3.8) is 0 Å². The molecular weight excluding hydrogens is 847 g/mol. The molecule has 0 aromatic rings. The summed E-state index contributed by atoms with van der Waals surface area (Å²) in [6, 6.07) is -0.939. The summed E-state index contributed by atoms with van der Waals surface area (Å²) < 4.78 is 47.7. The molecule has 0 aliphatic carbocycles. The first-order valence-corrected chi connectivity index (χ1v) is 28.4. The van der Waals surface area contributed by atoms with Crippen LogP contribution in [0, 0.1) is 0 Å². The second-order valence-corrected chi connectivity index (χ2v) is 20.2. The van der Waals surface area contributed by atoms with E-state index in [4.69, 9.17) is 9.47 Å². The van der Waals surface area contributed by atoms with Crippen LogP contribution in [0.5, 0.6) is 0 Å². The fourth-order valence-electron chi connectivity index (χ4n) is 8.87. The molecule has 6 N–H and O–H groups in total. The van der Waals surface area contributed by atoms with Crippen LogP contribution in [-0.4, -0.2) is 95.4 Å². The van der Waals surface area contributed by atoms with Gasteiger partial charge in [-0.25, -0.2) is 4.18 Å². The predicted molar refractivity (Wildman–Crippen MR) is 264 cm³/mol. The molecule has 0 aromatic heterocycles. The monoisotopic (exact) mass is 948 g/mol. The number of hydrogen-bond acceptors (Lipinski definition) is 10. The molecule has 1 saturated heterocycles. The van der Waals surface area contributed by atoms with E-state index in [9.17, 15) is 38.2 Å². The van der Waals surface area contributed by atoms with E-state index in [-0.39, 0.29) is 18.9 Å². The summed E-state index contributed by atoms with van der Waals surface area (Å²) in [5.74, 6) is -0.257. The zero-order valence-electron chi connectivity index (χ0n) is 41.6. The van der Waals surface area contributed by atoms with Crippen LogP contribution < -0.4 is 5.32 Å². The number of carbonyl (C=O) groups excluding carboxylic acids is 1. The number of ether oxygens (including phenoxy) is 2. The van der Waals surface area contributed by atoms with Crippen molar-refractivity contribution in [1.29, 1.82) is 0 Å². The maximum atomic E-state index is 13.1. The van der Waals surface area contributed by atoms with Gasteiger partial charge in [0.2, 0.25) is 5.91 Å². The van der Waals surface area contributed by atoms with Gasteiger partial charge >= 0.3 is 10.4 Å². The molecule has 0 aromatic carbocycles. The molecule has 0 bridgehead atoms. The lowest BCUT2D eigenvalue weighted by molar-refractivity contribution is -0.298. The minimum atomic E-state index is -5.08. The van der Waals surface area contributed by atoms with Crippen LogP contribution in [0.3, 0.4) is 0 Å². The highest BCUT2D eigenvalue weighted by atomic mass is 32.3. The van der Waals surface area contributed by atoms with Crippen molar-refractivity contribution in [1.82, 2.24) is 5.32 Å². The highest BCUT2D eigenvalue weighted by molar-refractivity contribution is 7.80. The standard InChI is InChI=1S/C52H101NO11S/c1-3-5-7-9-11-13-15-17-19-21-22-23-24-25-26-28-30-32-34-36-38-40-42-48(56)53-45(44-62-52-50(58)51(64-65(59,60)61)49(57)47(43-54)63-52)46(55)41-39-37-35-33-31-29-27-20-18-16-14-12-10-8-6-4-2/h39,41,45-47,49-52,54-55,57-58H,3-38,40,42-44H2,1-2H3,(H,53,56)(H,59,60,61)/b41-39+. The Bertz CT molecular complexity index is 1210. The predicted octanol–water partition coefficient (Wildman–Crippen LogP) is 11.9. The first-order chi connectivity index (χ1) is 31.5. The summed E-state index contributed by atoms with van der Waals surface area (Å²) in [6.45, 7) is 3.42. The summed E-state index contributed by atoms with van der Waals surface area (Å²) >= 11 is 0. The number of nitrogens with one attached hydrogen (secondary N) is 1. The van der Waals surface area contributed by atoms with Crippen LogP contribution in [0.2, 0.25) is 0 Å². The normalized spacial score (nSPS) is 20.1. The van der Waals surface area contributed by atoms with Gasteiger partial charge in [-0.1, -0.05) is 244 Å². The minimum Gasteiger partial charge on any atom is -0.394 e. The third-order valence-electron chi connectivity index (χ3n) is 13.1. The molecule has 12 nitrogen and oxygen atoms in total. The Hall–Kier alpha value is -1.16. The second kappa shape index (κ2) is 42.9. The van der Waals surface area contributed by atoms with E-state index in [1.54, 1.807) is 6.08 Å². The molecular formula is C52H101NO11S. The van der Waals surface area contributed by atoms with Crippen molar-refractivity contribution in [3.05, 3.63) is 12.2 Å². The molecule has 1 amide bonds. The average molecular weight is 948 g/mol. The SMILES string of the molecule is CCCCCCCCCCCCCCCC/C=C/C(O)C(COC1OC(CO)C(O)C(OS(=O)(=O)O)C1O)NC(=O)CCCCCCCCCCCCCCCCCCCCCCCC. The minimum absolute atomic E-state index is 0.257. The Morgan fingerprint density at radius 2 is 0.969 bits per heavy atom. The van der Waals surface area contributed by atoms with Gasteiger partial charge in [0.05, 0.1) is 25.4 Å². The number of aliphatic hydroxyl groups excluding tert-OH is 4. The van der Waals surface area contributed by atoms with Crippen molar-refractivity contribution < 1.29 is 51.8 Å². The van der Waals surface area contributed by atoms with Crippen molar-refractivity contribution in [2.24, 2.45) is 0 Å². The smallest absolute Gasteiger partial charge is 0.394 e. The Labute approximate surface area is 398 Å². The third kappa shape index (κ3) is 35.6. The lowest BCUT2D eigenvalue weighted by Gasteiger charge is -2.41. The number of amides is 1. The van der Waals surface area contributed by atoms with E-state index in [1.165, 1.54) is 193 Å². The van der Waals surface area contributed by atoms with Crippen LogP contribution in [-0.2, 0) is 28.9 Å². The van der Waals surface area contributed by atoms with E-state index in [2.05, 4.69) is 23.3 Å². The Kier molecular flexibility index (Phi) is 40.8. The van der Waals surface area contributed by atoms with Gasteiger partial charge in [0.1, 0.15) is 24.4 Å². The van der Waals surface area contributed by atoms with Crippen molar-refractivity contribution >= 4 is 16.3 Å². The largest absolute Gasteiger partial charge is 0.397 e. The van der Waals surface area contributed by atoms with Gasteiger partial charge in [0, 0.05) is 6.42 Å². The molecule has 1 aliphatic heterocycles. The average Bonchev–Trinajstić information content (AvgIpc) is 3.28.